The molecule has 17 rings (SSSR count). The van der Waals surface area contributed by atoms with E-state index >= 15 is 0 Å². The average molecular weight is 1980 g/mol. The van der Waals surface area contributed by atoms with Gasteiger partial charge in [0, 0.05) is 135 Å². The zero-order valence-electron chi connectivity index (χ0n) is 80.7. The Kier molecular flexibility index (Phi) is 35.6. The molecule has 0 radical (unpaired) electrons. The van der Waals surface area contributed by atoms with Crippen LogP contribution in [0.25, 0.3) is 67.3 Å². The maximum atomic E-state index is 14.5. The highest BCUT2D eigenvalue weighted by molar-refractivity contribution is 5.98. The third-order valence-electron chi connectivity index (χ3n) is 25.2. The number of aliphatic hydroxyl groups excluding tert-OH is 1. The van der Waals surface area contributed by atoms with E-state index in [9.17, 15) is 74.9 Å². The van der Waals surface area contributed by atoms with E-state index in [0.717, 1.165) is 68.2 Å². The standard InChI is InChI=1S/C37H39F2N7O4.C30H35F2N7O4.C19H23N3O3.C18H18F2N4O2/c1-23(2)45-16-17-46-26(19-31(47)35(34(46)37(45)49)50-22-24-10-6-5-7-11-24)20-40-32(48)13-9-4-3-8-12-30-28(39)21-41-36(42-30)33-27-18-25(38)14-15-29(27)43-44-33;1-17(2)38-11-12-39-19(14-24(40)28(42)27(39)30(38)43)15-33-25(41)8-6-4-3-5-7-23-21(32)16-34-29(35-23)26-20-13-18(31)9-10-22(20)36-37-26;1-13(2)21-8-9-22-15(11-20)10-16(23)18(17(22)19(21)24)25-12-14-6-4-3-5-7-14;19-11-7-8-14-12(9-11)17(24-23-14)18-21-10-13(20)15(22-18)5-3-1-2-4-6-16(25)26/h5-7,10-11,14-15,18-19,21,23H,3-4,8-9,12-13,16-17,20,22H2,1-2H3,(H,40,48)(H,43,44);9-10,13-14,16-17,30,42-43H,3-8,11-12,15H2,1-2H3,(H,33,41)(H,36,37);3-7,10,13H,8-9,11-12,20H2,1-2H3;7-10H,1-6H2,(H,23,24)(H,25,26). The SMILES string of the molecule is CC(C)N1CCn2c(CN)cc(=O)c(OCc3ccccc3)c2C1=O.CC(C)N1CCn2c(CNC(=O)CCCCCCc3nc(-c4n[nH]c5ccc(F)cc45)ncc3F)cc(=O)c(O)c2C1O.CC(C)N1CCn2c(CNC(=O)CCCCCCc3nc(-c4n[nH]c5ccc(F)cc45)ncc3F)cc(=O)c(OCc3ccccc3)c2C1=O.O=C(O)CCCCCCc1nc(-c2n[nH]c3ccc(F)cc23)ncc1F. The van der Waals surface area contributed by atoms with Crippen molar-refractivity contribution in [2.45, 2.75) is 234 Å². The first-order valence-corrected chi connectivity index (χ1v) is 48.2. The number of carboxylic acids is 1. The van der Waals surface area contributed by atoms with Crippen LogP contribution >= 0.6 is 0 Å². The number of benzene rings is 5. The lowest BCUT2D eigenvalue weighted by atomic mass is 10.1. The number of carbonyl (C=O) groups is 5. The quantitative estimate of drug-likeness (QED) is 0.0128. The number of carbonyl (C=O) groups excluding carboxylic acids is 4. The second-order valence-corrected chi connectivity index (χ2v) is 36.1. The van der Waals surface area contributed by atoms with Gasteiger partial charge in [-0.05, 0) is 165 Å². The molecule has 5 aromatic carbocycles. The largest absolute Gasteiger partial charge is 0.503 e. The number of pyridine rings is 3. The summed E-state index contributed by atoms with van der Waals surface area (Å²) in [6.07, 6.45) is 12.5. The third-order valence-corrected chi connectivity index (χ3v) is 25.2. The number of fused-ring (bicyclic) bond motifs is 6. The third kappa shape index (κ3) is 26.0. The van der Waals surface area contributed by atoms with E-state index in [1.807, 2.05) is 107 Å². The maximum Gasteiger partial charge on any atom is 0.303 e. The van der Waals surface area contributed by atoms with E-state index in [1.54, 1.807) is 42.0 Å². The van der Waals surface area contributed by atoms with E-state index in [4.69, 9.17) is 20.3 Å². The van der Waals surface area contributed by atoms with Crippen molar-refractivity contribution >= 4 is 62.3 Å². The van der Waals surface area contributed by atoms with Gasteiger partial charge in [0.05, 0.1) is 65.3 Å². The summed E-state index contributed by atoms with van der Waals surface area (Å²) in [7, 11) is 0. The number of halogens is 6. The molecule has 14 aromatic rings. The van der Waals surface area contributed by atoms with E-state index < -0.39 is 63.7 Å². The molecule has 12 heterocycles. The van der Waals surface area contributed by atoms with Crippen LogP contribution in [0, 0.1) is 34.9 Å². The number of hydrogen-bond donors (Lipinski definition) is 9. The zero-order valence-corrected chi connectivity index (χ0v) is 80.7. The van der Waals surface area contributed by atoms with Gasteiger partial charge in [0.25, 0.3) is 11.8 Å². The number of carboxylic acid groups (broad SMARTS) is 1. The second kappa shape index (κ2) is 49.0. The lowest BCUT2D eigenvalue weighted by Crippen LogP contribution is -2.46. The monoisotopic (exact) mass is 1980 g/mol. The number of hydrogen-bond acceptors (Lipinski definition) is 23. The van der Waals surface area contributed by atoms with Crippen LogP contribution in [0.2, 0.25) is 0 Å². The van der Waals surface area contributed by atoms with E-state index in [2.05, 4.69) is 71.1 Å². The Bertz CT molecular complexity index is 7120. The van der Waals surface area contributed by atoms with Gasteiger partial charge in [-0.2, -0.15) is 15.3 Å². The molecular weight excluding hydrogens is 1870 g/mol. The number of unbranched alkanes of at least 4 members (excludes halogenated alkanes) is 9. The summed E-state index contributed by atoms with van der Waals surface area (Å²) in [6.45, 7) is 15.6. The maximum absolute atomic E-state index is 14.5. The average Bonchev–Trinajstić information content (AvgIpc) is 1.02. The molecule has 0 aliphatic carbocycles. The number of nitrogens with two attached hydrogens (primary N) is 1. The summed E-state index contributed by atoms with van der Waals surface area (Å²) in [4.78, 5) is 131. The summed E-state index contributed by atoms with van der Waals surface area (Å²) in [5.74, 6) is -4.06. The Labute approximate surface area is 824 Å². The molecule has 10 N–H and O–H groups in total. The molecule has 0 spiro atoms. The van der Waals surface area contributed by atoms with Gasteiger partial charge in [-0.15, -0.1) is 0 Å². The number of aliphatic hydroxyl groups is 1. The summed E-state index contributed by atoms with van der Waals surface area (Å²) in [5.41, 5.74) is 12.4. The topological polar surface area (TPSA) is 454 Å². The van der Waals surface area contributed by atoms with Gasteiger partial charge in [0.15, 0.2) is 69.8 Å². The van der Waals surface area contributed by atoms with Crippen LogP contribution in [0.1, 0.15) is 216 Å². The second-order valence-electron chi connectivity index (χ2n) is 36.1. The molecule has 0 bridgehead atoms. The number of aromatic amines is 3. The molecule has 1 atom stereocenters. The van der Waals surface area contributed by atoms with Crippen molar-refractivity contribution in [1.82, 2.24) is 99.5 Å². The minimum atomic E-state index is -1.12. The Morgan fingerprint density at radius 1 is 0.444 bits per heavy atom. The Balaban J connectivity index is 0.000000159. The molecule has 3 aliphatic heterocycles. The number of aryl methyl sites for hydroxylation is 3. The van der Waals surface area contributed by atoms with Gasteiger partial charge in [-0.3, -0.25) is 58.6 Å². The van der Waals surface area contributed by atoms with E-state index in [1.165, 1.54) is 54.6 Å². The number of nitrogens with one attached hydrogen (secondary N) is 5. The van der Waals surface area contributed by atoms with Crippen molar-refractivity contribution in [3.05, 3.63) is 280 Å². The van der Waals surface area contributed by atoms with Gasteiger partial charge < -0.3 is 64.7 Å². The normalized spacial score (nSPS) is 13.4. The minimum Gasteiger partial charge on any atom is -0.503 e. The smallest absolute Gasteiger partial charge is 0.303 e. The lowest BCUT2D eigenvalue weighted by molar-refractivity contribution is -0.137. The van der Waals surface area contributed by atoms with Crippen molar-refractivity contribution in [1.29, 1.82) is 0 Å². The first kappa shape index (κ1) is 105. The molecule has 144 heavy (non-hydrogen) atoms. The van der Waals surface area contributed by atoms with Crippen LogP contribution in [-0.2, 0) is 86.1 Å². The van der Waals surface area contributed by atoms with E-state index in [0.29, 0.717) is 170 Å². The molecule has 34 nitrogen and oxygen atoms in total. The number of H-pyrrole nitrogens is 3. The van der Waals surface area contributed by atoms with Gasteiger partial charge in [0.1, 0.15) is 53.4 Å². The molecule has 0 saturated carbocycles. The molecule has 40 heteroatoms. The molecule has 3 aliphatic rings. The van der Waals surface area contributed by atoms with Gasteiger partial charge in [0.2, 0.25) is 28.1 Å². The van der Waals surface area contributed by atoms with Crippen LogP contribution in [0.3, 0.4) is 0 Å². The van der Waals surface area contributed by atoms with Gasteiger partial charge >= 0.3 is 5.97 Å². The van der Waals surface area contributed by atoms with Crippen LogP contribution in [0.4, 0.5) is 26.3 Å². The summed E-state index contributed by atoms with van der Waals surface area (Å²) in [6, 6.07) is 35.9. The molecule has 4 amide bonds. The number of aliphatic carboxylic acids is 1. The summed E-state index contributed by atoms with van der Waals surface area (Å²) >= 11 is 0. The Hall–Kier alpha value is -15.2. The molecule has 9 aromatic heterocycles. The number of amides is 4. The summed E-state index contributed by atoms with van der Waals surface area (Å²) < 4.78 is 101. The minimum absolute atomic E-state index is 0.0161. The predicted octanol–water partition coefficient (Wildman–Crippen LogP) is 15.0. The van der Waals surface area contributed by atoms with Gasteiger partial charge in [-0.1, -0.05) is 99.2 Å². The van der Waals surface area contributed by atoms with Crippen LogP contribution < -0.4 is 42.1 Å². The fourth-order valence-corrected chi connectivity index (χ4v) is 17.5. The highest BCUT2D eigenvalue weighted by atomic mass is 19.1. The van der Waals surface area contributed by atoms with Crippen molar-refractivity contribution in [3.63, 3.8) is 0 Å². The van der Waals surface area contributed by atoms with Crippen LogP contribution in [0.5, 0.6) is 17.2 Å². The predicted molar refractivity (Wildman–Crippen MR) is 525 cm³/mol. The van der Waals surface area contributed by atoms with Crippen molar-refractivity contribution in [2.24, 2.45) is 5.73 Å². The van der Waals surface area contributed by atoms with Crippen molar-refractivity contribution < 1.29 is 75.1 Å². The molecule has 0 saturated heterocycles. The van der Waals surface area contributed by atoms with Crippen LogP contribution in [0.15, 0.2) is 166 Å². The molecular formula is C104H115F6N21O13. The molecule has 0 fully saturated rings. The number of aromatic nitrogens is 15. The first-order valence-electron chi connectivity index (χ1n) is 48.2. The first-order chi connectivity index (χ1) is 69.4. The Morgan fingerprint density at radius 3 is 1.19 bits per heavy atom. The molecule has 756 valence electrons. The number of ether oxygens (including phenoxy) is 2. The van der Waals surface area contributed by atoms with E-state index in [-0.39, 0.29) is 157 Å². The van der Waals surface area contributed by atoms with Crippen LogP contribution in [-0.4, -0.2) is 172 Å². The number of aromatic hydroxyl groups is 1. The number of nitrogens with zero attached hydrogens (tertiary/aromatic N) is 15. The summed E-state index contributed by atoms with van der Waals surface area (Å²) in [5, 5.41) is 57.9. The zero-order chi connectivity index (χ0) is 102. The fraction of sp³-hybridized carbons (Fsp3) is 0.375. The Morgan fingerprint density at radius 2 is 0.806 bits per heavy atom. The van der Waals surface area contributed by atoms with Crippen molar-refractivity contribution in [2.75, 3.05) is 19.6 Å². The lowest BCUT2D eigenvalue weighted by Gasteiger charge is -2.38. The number of rotatable bonds is 38. The highest BCUT2D eigenvalue weighted by Gasteiger charge is 2.37. The fourth-order valence-electron chi connectivity index (χ4n) is 17.5. The molecule has 1 unspecified atom stereocenters. The van der Waals surface area contributed by atoms with Gasteiger partial charge in [-0.25, -0.2) is 56.2 Å². The highest BCUT2D eigenvalue weighted by Crippen LogP contribution is 2.35. The van der Waals surface area contributed by atoms with Crippen molar-refractivity contribution in [3.8, 4) is 51.8 Å².